The van der Waals surface area contributed by atoms with Gasteiger partial charge >= 0.3 is 5.97 Å². The largest absolute Gasteiger partial charge is 0.481 e. The maximum absolute atomic E-state index is 12.4. The molecule has 0 heterocycles. The smallest absolute Gasteiger partial charge is 0.311 e. The first-order valence-electron chi connectivity index (χ1n) is 7.63. The molecule has 0 radical (unpaired) electrons. The number of carboxylic acids is 1. The van der Waals surface area contributed by atoms with Crippen molar-refractivity contribution in [1.82, 2.24) is 5.32 Å². The molecule has 0 aliphatic heterocycles. The third kappa shape index (κ3) is 3.49. The van der Waals surface area contributed by atoms with Gasteiger partial charge in [0.2, 0.25) is 0 Å². The number of nitro groups is 1. The second kappa shape index (κ2) is 6.76. The van der Waals surface area contributed by atoms with Crippen molar-refractivity contribution in [3.05, 3.63) is 39.4 Å². The molecule has 7 nitrogen and oxygen atoms in total. The van der Waals surface area contributed by atoms with E-state index < -0.39 is 22.2 Å². The molecule has 1 aromatic carbocycles. The van der Waals surface area contributed by atoms with Crippen LogP contribution in [0.2, 0.25) is 0 Å². The molecule has 0 unspecified atom stereocenters. The van der Waals surface area contributed by atoms with Crippen LogP contribution >= 0.6 is 0 Å². The zero-order valence-electron chi connectivity index (χ0n) is 13.0. The summed E-state index contributed by atoms with van der Waals surface area (Å²) in [6.45, 7) is 1.61. The van der Waals surface area contributed by atoms with E-state index in [9.17, 15) is 24.8 Å². The summed E-state index contributed by atoms with van der Waals surface area (Å²) in [5.41, 5.74) is -0.750. The Kier molecular flexibility index (Phi) is 4.98. The maximum atomic E-state index is 12.4. The van der Waals surface area contributed by atoms with Gasteiger partial charge in [-0.05, 0) is 25.3 Å². The Morgan fingerprint density at radius 3 is 2.52 bits per heavy atom. The number of carbonyl (C=O) groups excluding carboxylic acids is 1. The maximum Gasteiger partial charge on any atom is 0.311 e. The number of aryl methyl sites for hydroxylation is 1. The summed E-state index contributed by atoms with van der Waals surface area (Å²) >= 11 is 0. The van der Waals surface area contributed by atoms with Crippen LogP contribution in [0.4, 0.5) is 5.69 Å². The van der Waals surface area contributed by atoms with E-state index in [0.29, 0.717) is 18.4 Å². The Bertz CT molecular complexity index is 635. The third-order valence-corrected chi connectivity index (χ3v) is 4.53. The standard InChI is InChI=1S/C16H20N2O5/c1-11-6-5-7-12(18(22)23)13(11)14(19)17-10-16(15(20)21)8-3-2-4-9-16/h5-7H,2-4,8-10H2,1H3,(H,17,19)(H,20,21). The van der Waals surface area contributed by atoms with E-state index in [0.717, 1.165) is 19.3 Å². The van der Waals surface area contributed by atoms with Gasteiger partial charge in [0.05, 0.1) is 10.3 Å². The summed E-state index contributed by atoms with van der Waals surface area (Å²) in [5, 5.41) is 23.2. The highest BCUT2D eigenvalue weighted by molar-refractivity contribution is 5.99. The van der Waals surface area contributed by atoms with Crippen molar-refractivity contribution in [2.45, 2.75) is 39.0 Å². The predicted octanol–water partition coefficient (Wildman–Crippen LogP) is 2.67. The van der Waals surface area contributed by atoms with Crippen molar-refractivity contribution in [2.24, 2.45) is 5.41 Å². The highest BCUT2D eigenvalue weighted by Crippen LogP contribution is 2.36. The molecule has 1 fully saturated rings. The highest BCUT2D eigenvalue weighted by Gasteiger charge is 2.40. The van der Waals surface area contributed by atoms with Gasteiger partial charge in [0.1, 0.15) is 5.56 Å². The number of benzene rings is 1. The summed E-state index contributed by atoms with van der Waals surface area (Å²) in [5.74, 6) is -1.52. The van der Waals surface area contributed by atoms with Crippen molar-refractivity contribution >= 4 is 17.6 Å². The van der Waals surface area contributed by atoms with Crippen molar-refractivity contribution in [3.63, 3.8) is 0 Å². The van der Waals surface area contributed by atoms with Crippen molar-refractivity contribution < 1.29 is 19.6 Å². The molecule has 23 heavy (non-hydrogen) atoms. The second-order valence-corrected chi connectivity index (χ2v) is 6.05. The van der Waals surface area contributed by atoms with Gasteiger partial charge in [0.25, 0.3) is 11.6 Å². The van der Waals surface area contributed by atoms with Crippen molar-refractivity contribution in [1.29, 1.82) is 0 Å². The fourth-order valence-corrected chi connectivity index (χ4v) is 3.13. The molecule has 0 saturated heterocycles. The fraction of sp³-hybridized carbons (Fsp3) is 0.500. The number of hydrogen-bond acceptors (Lipinski definition) is 4. The summed E-state index contributed by atoms with van der Waals surface area (Å²) in [7, 11) is 0. The quantitative estimate of drug-likeness (QED) is 0.640. The molecule has 1 saturated carbocycles. The number of amides is 1. The van der Waals surface area contributed by atoms with Gasteiger partial charge in [-0.2, -0.15) is 0 Å². The molecule has 2 rings (SSSR count). The van der Waals surface area contributed by atoms with Crippen LogP contribution in [0.5, 0.6) is 0 Å². The average Bonchev–Trinajstić information content (AvgIpc) is 2.53. The Labute approximate surface area is 133 Å². The number of carboxylic acid groups (broad SMARTS) is 1. The SMILES string of the molecule is Cc1cccc([N+](=O)[O-])c1C(=O)NCC1(C(=O)O)CCCCC1. The Hall–Kier alpha value is -2.44. The Morgan fingerprint density at radius 1 is 1.30 bits per heavy atom. The highest BCUT2D eigenvalue weighted by atomic mass is 16.6. The number of rotatable bonds is 5. The van der Waals surface area contributed by atoms with Crippen LogP contribution in [-0.4, -0.2) is 28.5 Å². The minimum atomic E-state index is -0.967. The lowest BCUT2D eigenvalue weighted by atomic mass is 9.74. The van der Waals surface area contributed by atoms with E-state index in [1.54, 1.807) is 13.0 Å². The van der Waals surface area contributed by atoms with E-state index in [1.807, 2.05) is 0 Å². The first kappa shape index (κ1) is 16.9. The zero-order chi connectivity index (χ0) is 17.0. The molecule has 7 heteroatoms. The molecular formula is C16H20N2O5. The van der Waals surface area contributed by atoms with Crippen molar-refractivity contribution in [2.75, 3.05) is 6.54 Å². The number of carbonyl (C=O) groups is 2. The van der Waals surface area contributed by atoms with Gasteiger partial charge in [-0.25, -0.2) is 0 Å². The molecule has 1 aromatic rings. The fourth-order valence-electron chi connectivity index (χ4n) is 3.13. The van der Waals surface area contributed by atoms with Gasteiger partial charge in [-0.1, -0.05) is 31.4 Å². The number of hydrogen-bond donors (Lipinski definition) is 2. The van der Waals surface area contributed by atoms with Crippen LogP contribution in [0, 0.1) is 22.5 Å². The Balaban J connectivity index is 2.19. The van der Waals surface area contributed by atoms with Crippen LogP contribution in [0.3, 0.4) is 0 Å². The zero-order valence-corrected chi connectivity index (χ0v) is 13.0. The van der Waals surface area contributed by atoms with Crippen LogP contribution < -0.4 is 5.32 Å². The van der Waals surface area contributed by atoms with Crippen LogP contribution in [0.25, 0.3) is 0 Å². The number of aliphatic carboxylic acids is 1. The Morgan fingerprint density at radius 2 is 1.96 bits per heavy atom. The average molecular weight is 320 g/mol. The topological polar surface area (TPSA) is 110 Å². The van der Waals surface area contributed by atoms with Gasteiger partial charge < -0.3 is 10.4 Å². The first-order valence-corrected chi connectivity index (χ1v) is 7.63. The minimum absolute atomic E-state index is 0.00570. The molecule has 1 aliphatic rings. The van der Waals surface area contributed by atoms with Gasteiger partial charge in [0.15, 0.2) is 0 Å². The number of nitrogens with one attached hydrogen (secondary N) is 1. The summed E-state index contributed by atoms with van der Waals surface area (Å²) in [4.78, 5) is 34.5. The van der Waals surface area contributed by atoms with Gasteiger partial charge in [-0.15, -0.1) is 0 Å². The minimum Gasteiger partial charge on any atom is -0.481 e. The second-order valence-electron chi connectivity index (χ2n) is 6.05. The molecule has 0 spiro atoms. The molecule has 0 aromatic heterocycles. The summed E-state index contributed by atoms with van der Waals surface area (Å²) in [6.07, 6.45) is 3.64. The lowest BCUT2D eigenvalue weighted by Gasteiger charge is -2.33. The molecule has 2 N–H and O–H groups in total. The van der Waals surface area contributed by atoms with E-state index in [2.05, 4.69) is 5.32 Å². The normalized spacial score (nSPS) is 16.6. The summed E-state index contributed by atoms with van der Waals surface area (Å²) < 4.78 is 0. The molecule has 1 aliphatic carbocycles. The van der Waals surface area contributed by atoms with Gasteiger partial charge in [0, 0.05) is 12.6 Å². The molecule has 124 valence electrons. The molecular weight excluding hydrogens is 300 g/mol. The molecule has 0 bridgehead atoms. The van der Waals surface area contributed by atoms with Gasteiger partial charge in [-0.3, -0.25) is 19.7 Å². The van der Waals surface area contributed by atoms with Crippen molar-refractivity contribution in [3.8, 4) is 0 Å². The van der Waals surface area contributed by atoms with E-state index >= 15 is 0 Å². The third-order valence-electron chi connectivity index (χ3n) is 4.53. The van der Waals surface area contributed by atoms with E-state index in [4.69, 9.17) is 0 Å². The van der Waals surface area contributed by atoms with Crippen LogP contribution in [-0.2, 0) is 4.79 Å². The molecule has 1 amide bonds. The summed E-state index contributed by atoms with van der Waals surface area (Å²) in [6, 6.07) is 4.41. The lowest BCUT2D eigenvalue weighted by Crippen LogP contribution is -2.44. The lowest BCUT2D eigenvalue weighted by molar-refractivity contribution is -0.385. The van der Waals surface area contributed by atoms with E-state index in [1.165, 1.54) is 12.1 Å². The molecule has 0 atom stereocenters. The monoisotopic (exact) mass is 320 g/mol. The van der Waals surface area contributed by atoms with Crippen LogP contribution in [0.1, 0.15) is 48.0 Å². The van der Waals surface area contributed by atoms with Crippen LogP contribution in [0.15, 0.2) is 18.2 Å². The number of nitrogens with zero attached hydrogens (tertiary/aromatic N) is 1. The van der Waals surface area contributed by atoms with E-state index in [-0.39, 0.29) is 17.8 Å². The number of nitro benzene ring substituents is 1. The predicted molar refractivity (Wildman–Crippen MR) is 83.3 cm³/mol. The first-order chi connectivity index (χ1) is 10.9.